The van der Waals surface area contributed by atoms with Gasteiger partial charge in [-0.25, -0.2) is 0 Å². The summed E-state index contributed by atoms with van der Waals surface area (Å²) in [6.07, 6.45) is 22.9. The van der Waals surface area contributed by atoms with E-state index in [1.54, 1.807) is 14.2 Å². The lowest BCUT2D eigenvalue weighted by atomic mass is 9.70. The molecular weight excluding hydrogens is 993 g/mol. The average Bonchev–Trinajstić information content (AvgIpc) is 4.06. The summed E-state index contributed by atoms with van der Waals surface area (Å²) in [4.78, 5) is 25.5. The molecular formula is C68H110N8O4. The third-order valence-corrected chi connectivity index (χ3v) is 17.2. The van der Waals surface area contributed by atoms with Crippen LogP contribution < -0.4 is 0 Å². The Balaban J connectivity index is 1.30. The molecule has 0 saturated heterocycles. The van der Waals surface area contributed by atoms with Gasteiger partial charge in [0.2, 0.25) is 0 Å². The van der Waals surface area contributed by atoms with Crippen LogP contribution in [0.3, 0.4) is 0 Å². The van der Waals surface area contributed by atoms with Crippen molar-refractivity contribution in [3.05, 3.63) is 94.3 Å². The fourth-order valence-corrected chi connectivity index (χ4v) is 12.9. The number of rotatable bonds is 43. The number of hydrogen-bond donors (Lipinski definition) is 0. The predicted molar refractivity (Wildman–Crippen MR) is 336 cm³/mol. The van der Waals surface area contributed by atoms with Gasteiger partial charge in [-0.05, 0) is 257 Å². The molecule has 2 aromatic carbocycles. The zero-order chi connectivity index (χ0) is 57.3. The molecule has 0 fully saturated rings. The van der Waals surface area contributed by atoms with Gasteiger partial charge in [-0.1, -0.05) is 80.5 Å². The van der Waals surface area contributed by atoms with E-state index in [2.05, 4.69) is 161 Å². The number of aryl methyl sites for hydroxylation is 2. The first-order valence-corrected chi connectivity index (χ1v) is 31.1. The highest BCUT2D eigenvalue weighted by Gasteiger charge is 2.46. The van der Waals surface area contributed by atoms with E-state index in [-0.39, 0.29) is 10.8 Å². The normalized spacial score (nSPS) is 14.2. The molecule has 0 atom stereocenters. The van der Waals surface area contributed by atoms with Crippen molar-refractivity contribution in [2.75, 3.05) is 176 Å². The molecule has 0 unspecified atom stereocenters. The molecule has 2 aliphatic carbocycles. The first-order valence-electron chi connectivity index (χ1n) is 31.1. The van der Waals surface area contributed by atoms with Crippen molar-refractivity contribution in [1.29, 1.82) is 0 Å². The summed E-state index contributed by atoms with van der Waals surface area (Å²) in [5.74, 6) is 0. The van der Waals surface area contributed by atoms with Crippen LogP contribution in [0.5, 0.6) is 0 Å². The summed E-state index contributed by atoms with van der Waals surface area (Å²) < 4.78 is 23.4. The standard InChI is InChI=1S/C68H110N8O4/c1-55-25-27-59-60-28-26-57(51-62(60)68(61(59)49-55,31-43-79-47-45-77-11)32-44-80-48-46-78-12)58-52-64-66(70-54-58)65-63(50-56(2)53-69-65)67(64,29-17-13-15-19-37-75(39-21-33-71(3)4)40-22-34-72(5)6)30-18-14-16-20-38-76(41-23-35-73(7)8)42-24-36-74(9)10/h25-28,49-54H,13-24,29-48H2,1-12H3. The summed E-state index contributed by atoms with van der Waals surface area (Å²) in [6, 6.07) is 19.3. The molecule has 6 rings (SSSR count). The quantitative estimate of drug-likeness (QED) is 0.0396. The number of unbranched alkanes of at least 4 members (excludes halogenated alkanes) is 6. The number of fused-ring (bicyclic) bond motifs is 6. The largest absolute Gasteiger partial charge is 0.382 e. The van der Waals surface area contributed by atoms with Crippen LogP contribution in [0.15, 0.2) is 60.9 Å². The fourth-order valence-electron chi connectivity index (χ4n) is 12.9. The average molecular weight is 1100 g/mol. The molecule has 2 heterocycles. The second kappa shape index (κ2) is 34.2. The lowest BCUT2D eigenvalue weighted by molar-refractivity contribution is 0.0490. The van der Waals surface area contributed by atoms with E-state index >= 15 is 0 Å². The molecule has 0 N–H and O–H groups in total. The Labute approximate surface area is 487 Å². The lowest BCUT2D eigenvalue weighted by Gasteiger charge is -2.33. The van der Waals surface area contributed by atoms with Crippen molar-refractivity contribution in [1.82, 2.24) is 39.4 Å². The smallest absolute Gasteiger partial charge is 0.0930 e. The molecule has 0 bridgehead atoms. The van der Waals surface area contributed by atoms with Crippen LogP contribution in [0.2, 0.25) is 0 Å². The van der Waals surface area contributed by atoms with Crippen LogP contribution in [-0.2, 0) is 29.8 Å². The minimum atomic E-state index is -0.288. The second-order valence-corrected chi connectivity index (χ2v) is 24.9. The Morgan fingerprint density at radius 3 is 1.25 bits per heavy atom. The number of ether oxygens (including phenoxy) is 4. The van der Waals surface area contributed by atoms with Crippen LogP contribution in [0.1, 0.15) is 136 Å². The molecule has 80 heavy (non-hydrogen) atoms. The van der Waals surface area contributed by atoms with Gasteiger partial charge in [-0.15, -0.1) is 0 Å². The van der Waals surface area contributed by atoms with E-state index in [0.717, 1.165) is 63.3 Å². The van der Waals surface area contributed by atoms with Gasteiger partial charge >= 0.3 is 0 Å². The third kappa shape index (κ3) is 19.2. The zero-order valence-electron chi connectivity index (χ0n) is 52.6. The molecule has 0 aliphatic heterocycles. The van der Waals surface area contributed by atoms with Gasteiger partial charge in [-0.2, -0.15) is 0 Å². The van der Waals surface area contributed by atoms with Crippen molar-refractivity contribution >= 4 is 0 Å². The van der Waals surface area contributed by atoms with Gasteiger partial charge in [0.15, 0.2) is 0 Å². The Hall–Kier alpha value is -3.66. The maximum Gasteiger partial charge on any atom is 0.0930 e. The Morgan fingerprint density at radius 2 is 0.762 bits per heavy atom. The molecule has 0 spiro atoms. The van der Waals surface area contributed by atoms with Gasteiger partial charge in [0, 0.05) is 56.2 Å². The Morgan fingerprint density at radius 1 is 0.362 bits per heavy atom. The van der Waals surface area contributed by atoms with Crippen LogP contribution in [-0.4, -0.2) is 215 Å². The maximum atomic E-state index is 6.29. The summed E-state index contributed by atoms with van der Waals surface area (Å²) in [5.41, 5.74) is 14.8. The molecule has 2 aromatic heterocycles. The van der Waals surface area contributed by atoms with Crippen molar-refractivity contribution in [2.24, 2.45) is 0 Å². The minimum Gasteiger partial charge on any atom is -0.382 e. The van der Waals surface area contributed by atoms with Gasteiger partial charge in [-0.3, -0.25) is 9.97 Å². The van der Waals surface area contributed by atoms with Gasteiger partial charge < -0.3 is 48.3 Å². The number of aromatic nitrogens is 2. The molecule has 0 radical (unpaired) electrons. The summed E-state index contributed by atoms with van der Waals surface area (Å²) in [5, 5.41) is 0. The highest BCUT2D eigenvalue weighted by atomic mass is 16.5. The van der Waals surface area contributed by atoms with Crippen LogP contribution >= 0.6 is 0 Å². The molecule has 0 amide bonds. The molecule has 446 valence electrons. The second-order valence-electron chi connectivity index (χ2n) is 24.9. The van der Waals surface area contributed by atoms with E-state index in [4.69, 9.17) is 28.9 Å². The van der Waals surface area contributed by atoms with Crippen molar-refractivity contribution in [3.8, 4) is 33.6 Å². The summed E-state index contributed by atoms with van der Waals surface area (Å²) in [7, 11) is 21.0. The Bertz CT molecular complexity index is 2320. The first kappa shape index (κ1) is 65.5. The van der Waals surface area contributed by atoms with Gasteiger partial charge in [0.25, 0.3) is 0 Å². The minimum absolute atomic E-state index is 0.158. The summed E-state index contributed by atoms with van der Waals surface area (Å²) >= 11 is 0. The number of benzene rings is 2. The molecule has 2 aliphatic rings. The molecule has 4 aromatic rings. The topological polar surface area (TPSA) is 82.1 Å². The molecule has 12 heteroatoms. The molecule has 0 saturated carbocycles. The first-order chi connectivity index (χ1) is 38.7. The van der Waals surface area contributed by atoms with Crippen LogP contribution in [0, 0.1) is 13.8 Å². The molecule has 12 nitrogen and oxygen atoms in total. The van der Waals surface area contributed by atoms with Gasteiger partial charge in [0.1, 0.15) is 0 Å². The van der Waals surface area contributed by atoms with Crippen LogP contribution in [0.4, 0.5) is 0 Å². The zero-order valence-corrected chi connectivity index (χ0v) is 52.6. The van der Waals surface area contributed by atoms with Crippen molar-refractivity contribution < 1.29 is 18.9 Å². The van der Waals surface area contributed by atoms with Crippen molar-refractivity contribution in [3.63, 3.8) is 0 Å². The fraction of sp³-hybridized carbons (Fsp3) is 0.676. The lowest BCUT2D eigenvalue weighted by Crippen LogP contribution is -2.31. The number of methoxy groups -OCH3 is 2. The summed E-state index contributed by atoms with van der Waals surface area (Å²) in [6.45, 7) is 19.7. The van der Waals surface area contributed by atoms with E-state index < -0.39 is 0 Å². The monoisotopic (exact) mass is 1100 g/mol. The Kier molecular flexibility index (Phi) is 28.0. The highest BCUT2D eigenvalue weighted by molar-refractivity contribution is 5.85. The SMILES string of the molecule is COCCOCCC1(CCOCCOC)c2cc(C)ccc2-c2ccc(-c3cnc4c(c3)C(CCCCCCN(CCCN(C)C)CCCN(C)C)(CCCCCCN(CCCN(C)C)CCCN(C)C)c3cc(C)cnc3-4)cc21. The van der Waals surface area contributed by atoms with E-state index in [1.807, 2.05) is 0 Å². The number of hydrogen-bond acceptors (Lipinski definition) is 12. The van der Waals surface area contributed by atoms with Crippen LogP contribution in [0.25, 0.3) is 33.6 Å². The number of nitrogens with zero attached hydrogens (tertiary/aromatic N) is 8. The highest BCUT2D eigenvalue weighted by Crippen LogP contribution is 2.56. The van der Waals surface area contributed by atoms with E-state index in [1.165, 1.54) is 172 Å². The van der Waals surface area contributed by atoms with E-state index in [0.29, 0.717) is 39.6 Å². The maximum absolute atomic E-state index is 6.29. The van der Waals surface area contributed by atoms with Gasteiger partial charge in [0.05, 0.1) is 37.8 Å². The third-order valence-electron chi connectivity index (χ3n) is 17.2. The predicted octanol–water partition coefficient (Wildman–Crippen LogP) is 11.7. The van der Waals surface area contributed by atoms with Crippen molar-refractivity contribution in [2.45, 2.75) is 127 Å². The number of pyridine rings is 2. The van der Waals surface area contributed by atoms with E-state index in [9.17, 15) is 0 Å².